The van der Waals surface area contributed by atoms with Crippen molar-refractivity contribution in [1.82, 2.24) is 4.90 Å². The Kier molecular flexibility index (Phi) is 6.50. The molecule has 0 saturated carbocycles. The highest BCUT2D eigenvalue weighted by molar-refractivity contribution is 5.76. The number of carbonyl (C=O) groups is 1. The van der Waals surface area contributed by atoms with Crippen molar-refractivity contribution in [2.24, 2.45) is 0 Å². The molecule has 3 rings (SSSR count). The van der Waals surface area contributed by atoms with Gasteiger partial charge < -0.3 is 19.3 Å². The van der Waals surface area contributed by atoms with E-state index in [1.165, 1.54) is 5.69 Å². The van der Waals surface area contributed by atoms with E-state index in [0.717, 1.165) is 37.6 Å². The first-order valence-corrected chi connectivity index (χ1v) is 9.06. The molecule has 2 aromatic carbocycles. The summed E-state index contributed by atoms with van der Waals surface area (Å²) in [6, 6.07) is 18.0. The average Bonchev–Trinajstić information content (AvgIpc) is 2.70. The second-order valence-corrected chi connectivity index (χ2v) is 6.43. The van der Waals surface area contributed by atoms with Crippen LogP contribution in [-0.4, -0.2) is 50.8 Å². The number of hydrogen-bond acceptors (Lipinski definition) is 4. The van der Waals surface area contributed by atoms with Gasteiger partial charge in [-0.15, -0.1) is 0 Å². The monoisotopic (exact) mass is 354 g/mol. The van der Waals surface area contributed by atoms with E-state index < -0.39 is 0 Å². The van der Waals surface area contributed by atoms with Crippen LogP contribution in [0.15, 0.2) is 54.6 Å². The van der Waals surface area contributed by atoms with Crippen molar-refractivity contribution < 1.29 is 14.3 Å². The van der Waals surface area contributed by atoms with Crippen LogP contribution in [0.25, 0.3) is 0 Å². The summed E-state index contributed by atoms with van der Waals surface area (Å²) in [5.74, 6) is 0.875. The highest BCUT2D eigenvalue weighted by Crippen LogP contribution is 2.17. The molecular formula is C21H26N2O3. The summed E-state index contributed by atoms with van der Waals surface area (Å²) < 4.78 is 11.0. The molecular weight excluding hydrogens is 328 g/mol. The van der Waals surface area contributed by atoms with E-state index in [1.807, 2.05) is 37.4 Å². The van der Waals surface area contributed by atoms with Crippen LogP contribution in [-0.2, 0) is 16.1 Å². The van der Waals surface area contributed by atoms with Gasteiger partial charge in [-0.3, -0.25) is 4.79 Å². The molecule has 0 atom stereocenters. The molecule has 0 unspecified atom stereocenters. The van der Waals surface area contributed by atoms with Crippen molar-refractivity contribution in [3.05, 3.63) is 60.2 Å². The molecule has 0 N–H and O–H groups in total. The Hall–Kier alpha value is -2.53. The third kappa shape index (κ3) is 5.23. The van der Waals surface area contributed by atoms with Crippen molar-refractivity contribution in [3.63, 3.8) is 0 Å². The Morgan fingerprint density at radius 3 is 2.46 bits per heavy atom. The van der Waals surface area contributed by atoms with Gasteiger partial charge in [-0.25, -0.2) is 0 Å². The molecule has 138 valence electrons. The van der Waals surface area contributed by atoms with E-state index in [9.17, 15) is 4.79 Å². The Bertz CT molecular complexity index is 682. The zero-order chi connectivity index (χ0) is 18.2. The number of rotatable bonds is 7. The fourth-order valence-corrected chi connectivity index (χ4v) is 2.96. The molecule has 0 spiro atoms. The zero-order valence-electron chi connectivity index (χ0n) is 15.3. The molecule has 0 radical (unpaired) electrons. The number of para-hydroxylation sites is 1. The van der Waals surface area contributed by atoms with Gasteiger partial charge in [0.2, 0.25) is 5.91 Å². The molecule has 1 aliphatic rings. The number of hydrogen-bond donors (Lipinski definition) is 0. The summed E-state index contributed by atoms with van der Waals surface area (Å²) in [6.45, 7) is 4.42. The predicted octanol–water partition coefficient (Wildman–Crippen LogP) is 2.95. The lowest BCUT2D eigenvalue weighted by molar-refractivity contribution is -0.130. The molecule has 5 heteroatoms. The maximum Gasteiger partial charge on any atom is 0.226 e. The van der Waals surface area contributed by atoms with Crippen LogP contribution in [0.3, 0.4) is 0 Å². The average molecular weight is 354 g/mol. The summed E-state index contributed by atoms with van der Waals surface area (Å²) in [4.78, 5) is 16.3. The number of anilines is 1. The summed E-state index contributed by atoms with van der Waals surface area (Å²) in [5, 5.41) is 0. The van der Waals surface area contributed by atoms with Crippen molar-refractivity contribution in [1.29, 1.82) is 0 Å². The number of nitrogens with zero attached hydrogens (tertiary/aromatic N) is 2. The van der Waals surface area contributed by atoms with E-state index in [4.69, 9.17) is 9.47 Å². The van der Waals surface area contributed by atoms with Gasteiger partial charge >= 0.3 is 0 Å². The van der Waals surface area contributed by atoms with Gasteiger partial charge in [0.1, 0.15) is 5.75 Å². The molecule has 1 heterocycles. The van der Waals surface area contributed by atoms with Crippen LogP contribution in [0.4, 0.5) is 5.69 Å². The minimum atomic E-state index is 0.0817. The quantitative estimate of drug-likeness (QED) is 0.767. The Morgan fingerprint density at radius 2 is 1.77 bits per heavy atom. The summed E-state index contributed by atoms with van der Waals surface area (Å²) in [6.07, 6.45) is 0.372. The first-order chi connectivity index (χ1) is 12.7. The molecule has 1 saturated heterocycles. The molecule has 0 aromatic heterocycles. The predicted molar refractivity (Wildman–Crippen MR) is 103 cm³/mol. The molecule has 0 aliphatic carbocycles. The van der Waals surface area contributed by atoms with Crippen LogP contribution in [0.2, 0.25) is 0 Å². The first kappa shape index (κ1) is 18.3. The fourth-order valence-electron chi connectivity index (χ4n) is 2.96. The van der Waals surface area contributed by atoms with E-state index in [-0.39, 0.29) is 5.91 Å². The van der Waals surface area contributed by atoms with E-state index in [0.29, 0.717) is 19.6 Å². The van der Waals surface area contributed by atoms with Crippen LogP contribution >= 0.6 is 0 Å². The summed E-state index contributed by atoms with van der Waals surface area (Å²) in [7, 11) is 1.83. The molecule has 1 aliphatic heterocycles. The lowest BCUT2D eigenvalue weighted by Gasteiger charge is -2.29. The normalized spacial score (nSPS) is 14.1. The minimum absolute atomic E-state index is 0.0817. The maximum absolute atomic E-state index is 12.3. The number of morpholine rings is 1. The van der Waals surface area contributed by atoms with Gasteiger partial charge in [0.05, 0.1) is 26.2 Å². The Balaban J connectivity index is 1.44. The number of benzene rings is 2. The Morgan fingerprint density at radius 1 is 1.08 bits per heavy atom. The SMILES string of the molecule is CN(Cc1ccc(N2CCOCC2)cc1)C(=O)CCOc1ccccc1. The summed E-state index contributed by atoms with van der Waals surface area (Å²) in [5.41, 5.74) is 2.34. The van der Waals surface area contributed by atoms with Crippen molar-refractivity contribution in [2.45, 2.75) is 13.0 Å². The summed E-state index contributed by atoms with van der Waals surface area (Å²) >= 11 is 0. The third-order valence-electron chi connectivity index (χ3n) is 4.49. The minimum Gasteiger partial charge on any atom is -0.493 e. The second-order valence-electron chi connectivity index (χ2n) is 6.43. The van der Waals surface area contributed by atoms with E-state index >= 15 is 0 Å². The van der Waals surface area contributed by atoms with Crippen LogP contribution in [0, 0.1) is 0 Å². The second kappa shape index (κ2) is 9.25. The number of ether oxygens (including phenoxy) is 2. The molecule has 26 heavy (non-hydrogen) atoms. The van der Waals surface area contributed by atoms with Crippen LogP contribution in [0.1, 0.15) is 12.0 Å². The lowest BCUT2D eigenvalue weighted by Crippen LogP contribution is -2.36. The number of amides is 1. The number of carbonyl (C=O) groups excluding carboxylic acids is 1. The van der Waals surface area contributed by atoms with Gasteiger partial charge in [-0.2, -0.15) is 0 Å². The van der Waals surface area contributed by atoms with Crippen molar-refractivity contribution in [2.75, 3.05) is 44.9 Å². The zero-order valence-corrected chi connectivity index (χ0v) is 15.3. The molecule has 1 fully saturated rings. The lowest BCUT2D eigenvalue weighted by atomic mass is 10.1. The topological polar surface area (TPSA) is 42.0 Å². The van der Waals surface area contributed by atoms with Gasteiger partial charge in [-0.05, 0) is 29.8 Å². The van der Waals surface area contributed by atoms with Crippen LogP contribution in [0.5, 0.6) is 5.75 Å². The standard InChI is InChI=1S/C21H26N2O3/c1-22(21(24)11-14-26-20-5-3-2-4-6-20)17-18-7-9-19(10-8-18)23-12-15-25-16-13-23/h2-10H,11-17H2,1H3. The van der Waals surface area contributed by atoms with Crippen molar-refractivity contribution in [3.8, 4) is 5.75 Å². The van der Waals surface area contributed by atoms with Gasteiger partial charge in [0.15, 0.2) is 0 Å². The van der Waals surface area contributed by atoms with Gasteiger partial charge in [0, 0.05) is 32.4 Å². The van der Waals surface area contributed by atoms with E-state index in [2.05, 4.69) is 29.2 Å². The highest BCUT2D eigenvalue weighted by Gasteiger charge is 2.12. The van der Waals surface area contributed by atoms with Crippen LogP contribution < -0.4 is 9.64 Å². The van der Waals surface area contributed by atoms with Gasteiger partial charge in [-0.1, -0.05) is 30.3 Å². The van der Waals surface area contributed by atoms with E-state index in [1.54, 1.807) is 4.90 Å². The fraction of sp³-hybridized carbons (Fsp3) is 0.381. The Labute approximate surface area is 155 Å². The van der Waals surface area contributed by atoms with Crippen molar-refractivity contribution >= 4 is 11.6 Å². The first-order valence-electron chi connectivity index (χ1n) is 9.06. The third-order valence-corrected chi connectivity index (χ3v) is 4.49. The highest BCUT2D eigenvalue weighted by atomic mass is 16.5. The molecule has 5 nitrogen and oxygen atoms in total. The van der Waals surface area contributed by atoms with Gasteiger partial charge in [0.25, 0.3) is 0 Å². The molecule has 0 bridgehead atoms. The molecule has 2 aromatic rings. The maximum atomic E-state index is 12.3. The smallest absolute Gasteiger partial charge is 0.226 e. The largest absolute Gasteiger partial charge is 0.493 e. The molecule has 1 amide bonds.